The van der Waals surface area contributed by atoms with Crippen molar-refractivity contribution in [3.8, 4) is 11.5 Å². The van der Waals surface area contributed by atoms with Gasteiger partial charge in [0.2, 0.25) is 6.29 Å². The highest BCUT2D eigenvalue weighted by atomic mass is 16.6. The molecule has 2 aliphatic heterocycles. The predicted octanol–water partition coefficient (Wildman–Crippen LogP) is 1.74. The van der Waals surface area contributed by atoms with Gasteiger partial charge in [0.05, 0.1) is 5.56 Å². The molecule has 2 aliphatic rings. The molecule has 1 aromatic carbocycles. The molecule has 0 radical (unpaired) electrons. The number of carbonyl (C=O) groups excluding carboxylic acids is 1. The number of aromatic hydroxyl groups is 1. The molecule has 3 rings (SSSR count). The number of aliphatic hydroxyl groups is 1. The number of carbonyl (C=O) groups is 1. The molecule has 0 fully saturated rings. The lowest BCUT2D eigenvalue weighted by atomic mass is 9.97. The largest absolute Gasteiger partial charge is 0.506 e. The van der Waals surface area contributed by atoms with Crippen molar-refractivity contribution in [3.63, 3.8) is 0 Å². The van der Waals surface area contributed by atoms with E-state index in [9.17, 15) is 15.0 Å². The third-order valence-electron chi connectivity index (χ3n) is 3.05. The van der Waals surface area contributed by atoms with E-state index in [-0.39, 0.29) is 16.9 Å². The number of fused-ring (bicyclic) bond motifs is 2. The number of benzene rings is 1. The molecule has 0 amide bonds. The highest BCUT2D eigenvalue weighted by Gasteiger charge is 2.36. The first-order valence-corrected chi connectivity index (χ1v) is 5.56. The maximum atomic E-state index is 11.5. The van der Waals surface area contributed by atoms with Crippen LogP contribution >= 0.6 is 0 Å². The van der Waals surface area contributed by atoms with Gasteiger partial charge in [0.1, 0.15) is 22.7 Å². The Morgan fingerprint density at radius 3 is 2.83 bits per heavy atom. The van der Waals surface area contributed by atoms with E-state index < -0.39 is 17.9 Å². The van der Waals surface area contributed by atoms with Gasteiger partial charge in [-0.1, -0.05) is 0 Å². The summed E-state index contributed by atoms with van der Waals surface area (Å²) in [6.07, 6.45) is 2.14. The van der Waals surface area contributed by atoms with Crippen molar-refractivity contribution in [2.45, 2.75) is 25.7 Å². The molecular weight excluding hydrogens is 236 g/mol. The first kappa shape index (κ1) is 11.1. The molecule has 1 unspecified atom stereocenters. The second-order valence-corrected chi connectivity index (χ2v) is 4.90. The Morgan fingerprint density at radius 2 is 2.11 bits per heavy atom. The molecule has 5 heteroatoms. The Hall–Kier alpha value is -2.01. The molecule has 0 spiro atoms. The molecule has 18 heavy (non-hydrogen) atoms. The monoisotopic (exact) mass is 248 g/mol. The van der Waals surface area contributed by atoms with Gasteiger partial charge in [-0.25, -0.2) is 4.79 Å². The van der Waals surface area contributed by atoms with Crippen molar-refractivity contribution in [3.05, 3.63) is 28.8 Å². The van der Waals surface area contributed by atoms with E-state index in [1.165, 1.54) is 6.07 Å². The van der Waals surface area contributed by atoms with Crippen molar-refractivity contribution >= 4 is 12.0 Å². The minimum absolute atomic E-state index is 0.00852. The second kappa shape index (κ2) is 3.26. The standard InChI is InChI=1S/C13H12O5/c1-13(2)4-3-6-8(18-13)5-7-9(10(6)14)12(16)17-11(7)15/h3-5,11,14-15H,1-2H3. The molecule has 1 atom stereocenters. The molecule has 2 heterocycles. The zero-order chi connectivity index (χ0) is 13.1. The minimum Gasteiger partial charge on any atom is -0.506 e. The Kier molecular flexibility index (Phi) is 2.01. The molecule has 0 aromatic heterocycles. The Labute approximate surface area is 103 Å². The van der Waals surface area contributed by atoms with E-state index in [1.807, 2.05) is 13.8 Å². The summed E-state index contributed by atoms with van der Waals surface area (Å²) in [5.74, 6) is -0.511. The van der Waals surface area contributed by atoms with E-state index >= 15 is 0 Å². The number of cyclic esters (lactones) is 1. The summed E-state index contributed by atoms with van der Waals surface area (Å²) in [7, 11) is 0. The van der Waals surface area contributed by atoms with Crippen molar-refractivity contribution in [2.75, 3.05) is 0 Å². The fourth-order valence-corrected chi connectivity index (χ4v) is 2.16. The van der Waals surface area contributed by atoms with E-state index in [2.05, 4.69) is 4.74 Å². The fourth-order valence-electron chi connectivity index (χ4n) is 2.16. The van der Waals surface area contributed by atoms with Crippen LogP contribution in [0.2, 0.25) is 0 Å². The van der Waals surface area contributed by atoms with Gasteiger partial charge in [-0.15, -0.1) is 0 Å². The van der Waals surface area contributed by atoms with Gasteiger partial charge in [0.15, 0.2) is 0 Å². The molecule has 0 bridgehead atoms. The zero-order valence-electron chi connectivity index (χ0n) is 9.93. The van der Waals surface area contributed by atoms with Crippen molar-refractivity contribution < 1.29 is 24.5 Å². The first-order valence-electron chi connectivity index (χ1n) is 5.56. The molecular formula is C13H12O5. The number of ether oxygens (including phenoxy) is 2. The number of aliphatic hydroxyl groups excluding tert-OH is 1. The number of phenols is 1. The highest BCUT2D eigenvalue weighted by molar-refractivity contribution is 5.99. The van der Waals surface area contributed by atoms with Crippen molar-refractivity contribution in [1.29, 1.82) is 0 Å². The average Bonchev–Trinajstić information content (AvgIpc) is 2.53. The number of phenolic OH excluding ortho intramolecular Hbond substituents is 1. The van der Waals surface area contributed by atoms with Gasteiger partial charge < -0.3 is 19.7 Å². The van der Waals surface area contributed by atoms with Crippen LogP contribution in [-0.4, -0.2) is 21.8 Å². The summed E-state index contributed by atoms with van der Waals surface area (Å²) in [6, 6.07) is 1.53. The summed E-state index contributed by atoms with van der Waals surface area (Å²) >= 11 is 0. The predicted molar refractivity (Wildman–Crippen MR) is 62.2 cm³/mol. The number of hydrogen-bond acceptors (Lipinski definition) is 5. The average molecular weight is 248 g/mol. The van der Waals surface area contributed by atoms with Crippen LogP contribution in [0, 0.1) is 0 Å². The molecule has 94 valence electrons. The molecule has 0 aliphatic carbocycles. The third kappa shape index (κ3) is 1.41. The van der Waals surface area contributed by atoms with Gasteiger partial charge in [-0.05, 0) is 32.1 Å². The Morgan fingerprint density at radius 1 is 1.39 bits per heavy atom. The molecule has 5 nitrogen and oxygen atoms in total. The summed E-state index contributed by atoms with van der Waals surface area (Å²) < 4.78 is 10.3. The maximum Gasteiger partial charge on any atom is 0.345 e. The quantitative estimate of drug-likeness (QED) is 0.684. The van der Waals surface area contributed by atoms with Gasteiger partial charge >= 0.3 is 5.97 Å². The van der Waals surface area contributed by atoms with E-state index in [1.54, 1.807) is 12.2 Å². The minimum atomic E-state index is -1.35. The Bertz CT molecular complexity index is 586. The summed E-state index contributed by atoms with van der Waals surface area (Å²) in [5, 5.41) is 19.7. The zero-order valence-corrected chi connectivity index (χ0v) is 9.93. The highest BCUT2D eigenvalue weighted by Crippen LogP contribution is 2.44. The smallest absolute Gasteiger partial charge is 0.345 e. The van der Waals surface area contributed by atoms with E-state index in [0.717, 1.165) is 0 Å². The summed E-state index contributed by atoms with van der Waals surface area (Å²) in [4.78, 5) is 11.5. The van der Waals surface area contributed by atoms with Crippen LogP contribution in [0.1, 0.15) is 41.6 Å². The lowest BCUT2D eigenvalue weighted by molar-refractivity contribution is -0.0549. The van der Waals surface area contributed by atoms with Crippen LogP contribution in [0.5, 0.6) is 11.5 Å². The van der Waals surface area contributed by atoms with Crippen LogP contribution in [0.15, 0.2) is 12.1 Å². The van der Waals surface area contributed by atoms with Gasteiger partial charge in [-0.3, -0.25) is 0 Å². The lowest BCUT2D eigenvalue weighted by Gasteiger charge is -2.28. The van der Waals surface area contributed by atoms with Crippen LogP contribution in [-0.2, 0) is 4.74 Å². The van der Waals surface area contributed by atoms with E-state index in [0.29, 0.717) is 11.3 Å². The molecule has 0 saturated carbocycles. The van der Waals surface area contributed by atoms with E-state index in [4.69, 9.17) is 4.74 Å². The first-order chi connectivity index (χ1) is 8.39. The third-order valence-corrected chi connectivity index (χ3v) is 3.05. The number of esters is 1. The van der Waals surface area contributed by atoms with Gasteiger partial charge in [-0.2, -0.15) is 0 Å². The lowest BCUT2D eigenvalue weighted by Crippen LogP contribution is -2.27. The van der Waals surface area contributed by atoms with Crippen LogP contribution < -0.4 is 4.74 Å². The maximum absolute atomic E-state index is 11.5. The Balaban J connectivity index is 2.24. The molecule has 2 N–H and O–H groups in total. The van der Waals surface area contributed by atoms with Crippen molar-refractivity contribution in [1.82, 2.24) is 0 Å². The summed E-state index contributed by atoms with van der Waals surface area (Å²) in [6.45, 7) is 3.74. The normalized spacial score (nSPS) is 23.1. The summed E-state index contributed by atoms with van der Waals surface area (Å²) in [5.41, 5.74) is 0.179. The molecule has 0 saturated heterocycles. The SMILES string of the molecule is CC1(C)C=Cc2c(cc3c(c2O)C(=O)OC3O)O1. The van der Waals surface area contributed by atoms with Gasteiger partial charge in [0.25, 0.3) is 0 Å². The number of rotatable bonds is 0. The van der Waals surface area contributed by atoms with Crippen LogP contribution in [0.4, 0.5) is 0 Å². The van der Waals surface area contributed by atoms with Crippen molar-refractivity contribution in [2.24, 2.45) is 0 Å². The van der Waals surface area contributed by atoms with Crippen LogP contribution in [0.25, 0.3) is 6.08 Å². The fraction of sp³-hybridized carbons (Fsp3) is 0.308. The number of hydrogen-bond donors (Lipinski definition) is 2. The van der Waals surface area contributed by atoms with Gasteiger partial charge in [0, 0.05) is 5.56 Å². The topological polar surface area (TPSA) is 76.0 Å². The second-order valence-electron chi connectivity index (χ2n) is 4.90. The molecule has 1 aromatic rings. The van der Waals surface area contributed by atoms with Crippen LogP contribution in [0.3, 0.4) is 0 Å².